The number of nitrogens with one attached hydrogen (secondary N) is 1. The van der Waals surface area contributed by atoms with Crippen LogP contribution in [0.25, 0.3) is 22.3 Å². The van der Waals surface area contributed by atoms with E-state index in [1.165, 1.54) is 12.4 Å². The average Bonchev–Trinajstić information content (AvgIpc) is 3.23. The normalized spacial score (nSPS) is 21.1. The van der Waals surface area contributed by atoms with Crippen molar-refractivity contribution >= 4 is 11.5 Å². The van der Waals surface area contributed by atoms with Gasteiger partial charge in [0.15, 0.2) is 0 Å². The van der Waals surface area contributed by atoms with Gasteiger partial charge in [0, 0.05) is 73.6 Å². The minimum atomic E-state index is -0.295. The van der Waals surface area contributed by atoms with Gasteiger partial charge in [-0.25, -0.2) is 14.4 Å². The molecule has 0 amide bonds. The predicted octanol–water partition coefficient (Wildman–Crippen LogP) is 3.27. The topological polar surface area (TPSA) is 115 Å². The number of aromatic nitrogens is 5. The van der Waals surface area contributed by atoms with Crippen molar-refractivity contribution in [3.8, 4) is 34.0 Å². The second-order valence-electron chi connectivity index (χ2n) is 9.51. The molecule has 2 atom stereocenters. The number of nitrogens with zero attached hydrogens (tertiary/aromatic N) is 6. The van der Waals surface area contributed by atoms with Gasteiger partial charge in [-0.2, -0.15) is 9.97 Å². The summed E-state index contributed by atoms with van der Waals surface area (Å²) in [4.78, 5) is 24.3. The Morgan fingerprint density at radius 2 is 1.78 bits per heavy atom. The molecule has 10 heteroatoms. The maximum Gasteiger partial charge on any atom is 0.324 e. The Hall–Kier alpha value is -4.18. The van der Waals surface area contributed by atoms with E-state index in [1.54, 1.807) is 37.9 Å². The highest BCUT2D eigenvalue weighted by atomic mass is 19.1. The van der Waals surface area contributed by atoms with Crippen molar-refractivity contribution in [2.24, 2.45) is 17.6 Å². The lowest BCUT2D eigenvalue weighted by atomic mass is 10.0. The van der Waals surface area contributed by atoms with Crippen molar-refractivity contribution in [3.63, 3.8) is 0 Å². The molecule has 1 saturated heterocycles. The summed E-state index contributed by atoms with van der Waals surface area (Å²) in [6, 6.07) is 5.44. The summed E-state index contributed by atoms with van der Waals surface area (Å²) in [7, 11) is 1.80. The molecule has 2 unspecified atom stereocenters. The Balaban J connectivity index is 1.29. The third kappa shape index (κ3) is 3.36. The third-order valence-corrected chi connectivity index (χ3v) is 7.42. The number of hydrogen-bond acceptors (Lipinski definition) is 9. The fourth-order valence-corrected chi connectivity index (χ4v) is 5.52. The molecular formula is C26H23FN8O. The zero-order valence-corrected chi connectivity index (χ0v) is 19.5. The summed E-state index contributed by atoms with van der Waals surface area (Å²) in [6.45, 7) is 1.65. The Labute approximate surface area is 206 Å². The quantitative estimate of drug-likeness (QED) is 0.389. The highest BCUT2D eigenvalue weighted by molar-refractivity contribution is 5.88. The number of pyridine rings is 1. The smallest absolute Gasteiger partial charge is 0.324 e. The number of anilines is 2. The molecule has 0 spiro atoms. The molecule has 0 bridgehead atoms. The van der Waals surface area contributed by atoms with Crippen molar-refractivity contribution in [1.29, 1.82) is 0 Å². The van der Waals surface area contributed by atoms with Gasteiger partial charge in [0.1, 0.15) is 23.7 Å². The van der Waals surface area contributed by atoms with Gasteiger partial charge in [0.25, 0.3) is 0 Å². The summed E-state index contributed by atoms with van der Waals surface area (Å²) in [5.74, 6) is 1.91. The molecule has 4 heterocycles. The van der Waals surface area contributed by atoms with Crippen LogP contribution in [0.15, 0.2) is 49.3 Å². The minimum Gasteiger partial charge on any atom is -0.423 e. The average molecular weight is 483 g/mol. The lowest BCUT2D eigenvalue weighted by molar-refractivity contribution is 0.438. The number of halogens is 1. The molecule has 4 aromatic rings. The lowest BCUT2D eigenvalue weighted by Gasteiger charge is -2.23. The maximum atomic E-state index is 14.5. The van der Waals surface area contributed by atoms with Crippen molar-refractivity contribution in [2.45, 2.75) is 12.5 Å². The molecule has 1 aliphatic heterocycles. The summed E-state index contributed by atoms with van der Waals surface area (Å²) >= 11 is 0. The zero-order chi connectivity index (χ0) is 24.4. The summed E-state index contributed by atoms with van der Waals surface area (Å²) in [6.07, 6.45) is 8.83. The summed E-state index contributed by atoms with van der Waals surface area (Å²) < 4.78 is 20.7. The first-order valence-corrected chi connectivity index (χ1v) is 11.9. The lowest BCUT2D eigenvalue weighted by Crippen LogP contribution is -2.29. The van der Waals surface area contributed by atoms with E-state index in [9.17, 15) is 4.39 Å². The first kappa shape index (κ1) is 21.1. The Morgan fingerprint density at radius 1 is 1.00 bits per heavy atom. The largest absolute Gasteiger partial charge is 0.423 e. The molecular weight excluding hydrogens is 459 g/mol. The van der Waals surface area contributed by atoms with Crippen LogP contribution in [0.1, 0.15) is 11.3 Å². The van der Waals surface area contributed by atoms with Crippen LogP contribution in [-0.4, -0.2) is 51.1 Å². The van der Waals surface area contributed by atoms with Crippen LogP contribution in [0.2, 0.25) is 0 Å². The molecule has 0 radical (unpaired) electrons. The Morgan fingerprint density at radius 3 is 2.56 bits per heavy atom. The van der Waals surface area contributed by atoms with Crippen LogP contribution >= 0.6 is 0 Å². The van der Waals surface area contributed by atoms with Crippen LogP contribution < -0.4 is 20.7 Å². The number of ether oxygens (including phenoxy) is 1. The van der Waals surface area contributed by atoms with Gasteiger partial charge in [-0.1, -0.05) is 0 Å². The van der Waals surface area contributed by atoms with Gasteiger partial charge in [-0.05, 0) is 41.2 Å². The van der Waals surface area contributed by atoms with E-state index in [0.717, 1.165) is 58.1 Å². The van der Waals surface area contributed by atoms with Gasteiger partial charge in [0.05, 0.1) is 11.9 Å². The number of nitrogens with two attached hydrogens (primary N) is 1. The highest BCUT2D eigenvalue weighted by Gasteiger charge is 2.54. The molecule has 3 aromatic heterocycles. The van der Waals surface area contributed by atoms with Gasteiger partial charge in [0.2, 0.25) is 0 Å². The zero-order valence-electron chi connectivity index (χ0n) is 19.5. The van der Waals surface area contributed by atoms with E-state index in [0.29, 0.717) is 24.0 Å². The number of hydrogen-bond donors (Lipinski definition) is 2. The van der Waals surface area contributed by atoms with E-state index in [4.69, 9.17) is 20.4 Å². The van der Waals surface area contributed by atoms with Crippen LogP contribution in [-0.2, 0) is 6.42 Å². The predicted molar refractivity (Wildman–Crippen MR) is 132 cm³/mol. The molecule has 2 aliphatic carbocycles. The second kappa shape index (κ2) is 7.92. The molecule has 1 aromatic carbocycles. The van der Waals surface area contributed by atoms with Crippen molar-refractivity contribution < 1.29 is 9.13 Å². The van der Waals surface area contributed by atoms with Crippen molar-refractivity contribution in [2.75, 3.05) is 30.4 Å². The maximum absolute atomic E-state index is 14.5. The van der Waals surface area contributed by atoms with Gasteiger partial charge < -0.3 is 20.7 Å². The molecule has 3 aliphatic rings. The standard InChI is InChI=1S/C26H23FN8O/c1-29-21-4-15(27)3-18-17(21)5-22-23(18)25(35-10-19-20(11-35)24(19)28)34-26(33-22)36-16-2-13(6-30-9-16)14-7-31-12-32-8-14/h2-4,6-9,12,19-20,24,29H,5,10-11,28H2,1H3. The molecule has 180 valence electrons. The Bertz CT molecular complexity index is 1490. The number of piperidine rings is 1. The van der Waals surface area contributed by atoms with E-state index < -0.39 is 0 Å². The van der Waals surface area contributed by atoms with Crippen LogP contribution in [0, 0.1) is 17.7 Å². The van der Waals surface area contributed by atoms with Crippen LogP contribution in [0.4, 0.5) is 15.9 Å². The van der Waals surface area contributed by atoms with Gasteiger partial charge in [-0.15, -0.1) is 0 Å². The number of fused-ring (bicyclic) bond motifs is 4. The first-order chi connectivity index (χ1) is 17.6. The fraction of sp³-hybridized carbons (Fsp3) is 0.269. The minimum absolute atomic E-state index is 0.233. The van der Waals surface area contributed by atoms with Gasteiger partial charge >= 0.3 is 6.01 Å². The SMILES string of the molecule is CNc1cc(F)cc2c1Cc1nc(Oc3cncc(-c4cncnc4)c3)nc(N3CC4C(N)C4C3)c1-2. The molecule has 3 N–H and O–H groups in total. The van der Waals surface area contributed by atoms with E-state index >= 15 is 0 Å². The number of rotatable bonds is 5. The highest BCUT2D eigenvalue weighted by Crippen LogP contribution is 2.50. The molecule has 7 rings (SSSR count). The Kier molecular flexibility index (Phi) is 4.65. The van der Waals surface area contributed by atoms with Crippen molar-refractivity contribution in [1.82, 2.24) is 24.9 Å². The molecule has 1 saturated carbocycles. The van der Waals surface area contributed by atoms with E-state index in [-0.39, 0.29) is 17.9 Å². The summed E-state index contributed by atoms with van der Waals surface area (Å²) in [5.41, 5.74) is 12.1. The second-order valence-corrected chi connectivity index (χ2v) is 9.51. The number of benzene rings is 1. The molecule has 36 heavy (non-hydrogen) atoms. The first-order valence-electron chi connectivity index (χ1n) is 11.9. The molecule has 9 nitrogen and oxygen atoms in total. The van der Waals surface area contributed by atoms with E-state index in [2.05, 4.69) is 25.2 Å². The van der Waals surface area contributed by atoms with Gasteiger partial charge in [-0.3, -0.25) is 4.98 Å². The summed E-state index contributed by atoms with van der Waals surface area (Å²) in [5, 5.41) is 3.12. The monoisotopic (exact) mass is 482 g/mol. The van der Waals surface area contributed by atoms with E-state index in [1.807, 2.05) is 6.07 Å². The van der Waals surface area contributed by atoms with Crippen LogP contribution in [0.5, 0.6) is 11.8 Å². The fourth-order valence-electron chi connectivity index (χ4n) is 5.52. The third-order valence-electron chi connectivity index (χ3n) is 7.42. The van der Waals surface area contributed by atoms with Crippen LogP contribution in [0.3, 0.4) is 0 Å². The van der Waals surface area contributed by atoms with Crippen molar-refractivity contribution in [3.05, 3.63) is 66.4 Å². The molecule has 2 fully saturated rings.